The molecule has 0 aromatic heterocycles. The molecule has 1 rings (SSSR count). The molecule has 3 nitrogen and oxygen atoms in total. The van der Waals surface area contributed by atoms with E-state index in [4.69, 9.17) is 4.74 Å². The quantitative estimate of drug-likeness (QED) is 0.593. The molecular formula is C9H17NO2. The van der Waals surface area contributed by atoms with Crippen LogP contribution in [0.15, 0.2) is 0 Å². The van der Waals surface area contributed by atoms with Gasteiger partial charge < -0.3 is 10.1 Å². The lowest BCUT2D eigenvalue weighted by atomic mass is 9.76. The minimum atomic E-state index is -0.352. The van der Waals surface area contributed by atoms with Crippen LogP contribution in [0, 0.1) is 11.3 Å². The van der Waals surface area contributed by atoms with Gasteiger partial charge in [-0.1, -0.05) is 6.92 Å². The Morgan fingerprint density at radius 2 is 2.17 bits per heavy atom. The Labute approximate surface area is 73.5 Å². The zero-order chi connectivity index (χ0) is 9.35. The van der Waals surface area contributed by atoms with E-state index in [1.807, 2.05) is 13.8 Å². The van der Waals surface area contributed by atoms with Crippen molar-refractivity contribution < 1.29 is 9.53 Å². The van der Waals surface area contributed by atoms with Gasteiger partial charge in [0.1, 0.15) is 0 Å². The highest BCUT2D eigenvalue weighted by Gasteiger charge is 2.48. The zero-order valence-corrected chi connectivity index (χ0v) is 8.18. The van der Waals surface area contributed by atoms with Gasteiger partial charge in [-0.15, -0.1) is 0 Å². The van der Waals surface area contributed by atoms with E-state index in [1.54, 1.807) is 0 Å². The number of methoxy groups -OCH3 is 1. The second-order valence-electron chi connectivity index (χ2n) is 3.81. The van der Waals surface area contributed by atoms with Gasteiger partial charge in [-0.25, -0.2) is 0 Å². The SMILES string of the molecule is COC(=O)[C@@]1(C)[C@H](C)NC[C@@H]1C. The van der Waals surface area contributed by atoms with Crippen LogP contribution in [0.1, 0.15) is 20.8 Å². The van der Waals surface area contributed by atoms with Gasteiger partial charge in [0.2, 0.25) is 0 Å². The molecule has 0 aliphatic carbocycles. The van der Waals surface area contributed by atoms with E-state index in [0.29, 0.717) is 5.92 Å². The van der Waals surface area contributed by atoms with Gasteiger partial charge in [0, 0.05) is 6.04 Å². The number of carbonyl (C=O) groups excluding carboxylic acids is 1. The van der Waals surface area contributed by atoms with E-state index in [-0.39, 0.29) is 17.4 Å². The smallest absolute Gasteiger partial charge is 0.313 e. The number of ether oxygens (including phenoxy) is 1. The van der Waals surface area contributed by atoms with E-state index in [9.17, 15) is 4.79 Å². The van der Waals surface area contributed by atoms with Gasteiger partial charge in [0.15, 0.2) is 0 Å². The average Bonchev–Trinajstić information content (AvgIpc) is 2.32. The standard InChI is InChI=1S/C9H17NO2/c1-6-5-10-7(2)9(6,3)8(11)12-4/h6-7,10H,5H2,1-4H3/t6-,7-,9+/m0/s1. The maximum Gasteiger partial charge on any atom is 0.313 e. The fraction of sp³-hybridized carbons (Fsp3) is 0.889. The Bertz CT molecular complexity index is 181. The summed E-state index contributed by atoms with van der Waals surface area (Å²) in [5, 5.41) is 3.27. The van der Waals surface area contributed by atoms with Crippen molar-refractivity contribution in [2.24, 2.45) is 11.3 Å². The van der Waals surface area contributed by atoms with Crippen molar-refractivity contribution in [3.63, 3.8) is 0 Å². The molecule has 70 valence electrons. The van der Waals surface area contributed by atoms with E-state index in [2.05, 4.69) is 12.2 Å². The lowest BCUT2D eigenvalue weighted by Gasteiger charge is -2.29. The molecule has 12 heavy (non-hydrogen) atoms. The van der Waals surface area contributed by atoms with Crippen LogP contribution in [-0.2, 0) is 9.53 Å². The molecule has 3 heteroatoms. The highest BCUT2D eigenvalue weighted by Crippen LogP contribution is 2.36. The summed E-state index contributed by atoms with van der Waals surface area (Å²) in [7, 11) is 1.45. The third-order valence-electron chi connectivity index (χ3n) is 3.28. The van der Waals surface area contributed by atoms with Crippen LogP contribution in [0.4, 0.5) is 0 Å². The number of hydrogen-bond donors (Lipinski definition) is 1. The van der Waals surface area contributed by atoms with E-state index >= 15 is 0 Å². The first-order valence-corrected chi connectivity index (χ1v) is 4.35. The molecule has 0 aromatic rings. The number of nitrogens with one attached hydrogen (secondary N) is 1. The molecule has 1 aliphatic heterocycles. The Morgan fingerprint density at radius 1 is 1.58 bits per heavy atom. The van der Waals surface area contributed by atoms with E-state index < -0.39 is 0 Å². The van der Waals surface area contributed by atoms with Gasteiger partial charge in [0.25, 0.3) is 0 Å². The Hall–Kier alpha value is -0.570. The van der Waals surface area contributed by atoms with Crippen molar-refractivity contribution in [1.82, 2.24) is 5.32 Å². The first-order valence-electron chi connectivity index (χ1n) is 4.35. The Balaban J connectivity index is 2.86. The van der Waals surface area contributed by atoms with Crippen LogP contribution in [0.3, 0.4) is 0 Å². The highest BCUT2D eigenvalue weighted by molar-refractivity contribution is 5.78. The molecule has 0 spiro atoms. The molecule has 0 saturated carbocycles. The fourth-order valence-electron chi connectivity index (χ4n) is 1.80. The van der Waals surface area contributed by atoms with Gasteiger partial charge in [-0.05, 0) is 26.3 Å². The van der Waals surface area contributed by atoms with Crippen LogP contribution >= 0.6 is 0 Å². The highest BCUT2D eigenvalue weighted by atomic mass is 16.5. The first kappa shape index (κ1) is 9.52. The lowest BCUT2D eigenvalue weighted by molar-refractivity contribution is -0.154. The molecule has 1 saturated heterocycles. The van der Waals surface area contributed by atoms with E-state index in [0.717, 1.165) is 6.54 Å². The number of esters is 1. The van der Waals surface area contributed by atoms with Gasteiger partial charge in [0.05, 0.1) is 12.5 Å². The predicted octanol–water partition coefficient (Wildman–Crippen LogP) is 0.793. The second-order valence-corrected chi connectivity index (χ2v) is 3.81. The largest absolute Gasteiger partial charge is 0.469 e. The summed E-state index contributed by atoms with van der Waals surface area (Å²) in [5.74, 6) is 0.243. The molecule has 0 radical (unpaired) electrons. The number of rotatable bonds is 1. The topological polar surface area (TPSA) is 38.3 Å². The summed E-state index contributed by atoms with van der Waals surface area (Å²) < 4.78 is 4.80. The lowest BCUT2D eigenvalue weighted by Crippen LogP contribution is -2.41. The van der Waals surface area contributed by atoms with Crippen molar-refractivity contribution in [2.75, 3.05) is 13.7 Å². The van der Waals surface area contributed by atoms with Crippen LogP contribution in [-0.4, -0.2) is 25.7 Å². The second kappa shape index (κ2) is 3.05. The number of hydrogen-bond acceptors (Lipinski definition) is 3. The molecule has 1 fully saturated rings. The molecule has 0 amide bonds. The van der Waals surface area contributed by atoms with Gasteiger partial charge in [-0.3, -0.25) is 4.79 Å². The summed E-state index contributed by atoms with van der Waals surface area (Å²) in [5.41, 5.74) is -0.352. The molecule has 0 unspecified atom stereocenters. The average molecular weight is 171 g/mol. The summed E-state index contributed by atoms with van der Waals surface area (Å²) in [6, 6.07) is 0.208. The normalized spacial score (nSPS) is 41.3. The third-order valence-corrected chi connectivity index (χ3v) is 3.28. The van der Waals surface area contributed by atoms with Crippen LogP contribution in [0.2, 0.25) is 0 Å². The van der Waals surface area contributed by atoms with Crippen LogP contribution in [0.5, 0.6) is 0 Å². The molecule has 3 atom stereocenters. The number of carbonyl (C=O) groups is 1. The maximum absolute atomic E-state index is 11.5. The summed E-state index contributed by atoms with van der Waals surface area (Å²) in [6.45, 7) is 6.97. The van der Waals surface area contributed by atoms with Crippen molar-refractivity contribution in [3.05, 3.63) is 0 Å². The minimum absolute atomic E-state index is 0.104. The Morgan fingerprint density at radius 3 is 2.50 bits per heavy atom. The molecule has 1 heterocycles. The fourth-order valence-corrected chi connectivity index (χ4v) is 1.80. The van der Waals surface area contributed by atoms with Gasteiger partial charge >= 0.3 is 5.97 Å². The van der Waals surface area contributed by atoms with Crippen LogP contribution in [0.25, 0.3) is 0 Å². The van der Waals surface area contributed by atoms with Crippen molar-refractivity contribution in [3.8, 4) is 0 Å². The molecule has 0 aromatic carbocycles. The summed E-state index contributed by atoms with van der Waals surface area (Å²) in [4.78, 5) is 11.5. The van der Waals surface area contributed by atoms with Crippen molar-refractivity contribution in [1.29, 1.82) is 0 Å². The molecule has 0 bridgehead atoms. The van der Waals surface area contributed by atoms with Crippen molar-refractivity contribution in [2.45, 2.75) is 26.8 Å². The zero-order valence-electron chi connectivity index (χ0n) is 8.18. The van der Waals surface area contributed by atoms with Gasteiger partial charge in [-0.2, -0.15) is 0 Å². The minimum Gasteiger partial charge on any atom is -0.469 e. The third kappa shape index (κ3) is 1.12. The predicted molar refractivity (Wildman–Crippen MR) is 46.8 cm³/mol. The van der Waals surface area contributed by atoms with E-state index in [1.165, 1.54) is 7.11 Å². The molecule has 1 aliphatic rings. The van der Waals surface area contributed by atoms with Crippen LogP contribution < -0.4 is 5.32 Å². The Kier molecular flexibility index (Phi) is 2.42. The molecule has 1 N–H and O–H groups in total. The monoisotopic (exact) mass is 171 g/mol. The first-order chi connectivity index (χ1) is 5.53. The summed E-state index contributed by atoms with van der Waals surface area (Å²) in [6.07, 6.45) is 0. The maximum atomic E-state index is 11.5. The molecular weight excluding hydrogens is 154 g/mol. The van der Waals surface area contributed by atoms with Crippen molar-refractivity contribution >= 4 is 5.97 Å². The summed E-state index contributed by atoms with van der Waals surface area (Å²) >= 11 is 0.